The highest BCUT2D eigenvalue weighted by Crippen LogP contribution is 2.31. The molecule has 0 aliphatic carbocycles. The number of anilines is 1. The second kappa shape index (κ2) is 4.96. The highest BCUT2D eigenvalue weighted by atomic mass is 16.5. The van der Waals surface area contributed by atoms with Crippen LogP contribution in [-0.4, -0.2) is 31.2 Å². The summed E-state index contributed by atoms with van der Waals surface area (Å²) in [4.78, 5) is 11.5. The molecule has 1 aromatic rings. The average Bonchev–Trinajstić information content (AvgIpc) is 2.48. The van der Waals surface area contributed by atoms with E-state index in [4.69, 9.17) is 4.74 Å². The first-order chi connectivity index (χ1) is 8.53. The maximum atomic E-state index is 11.5. The molecular weight excluding hydrogens is 232 g/mol. The maximum absolute atomic E-state index is 11.5. The van der Waals surface area contributed by atoms with Crippen molar-refractivity contribution in [1.82, 2.24) is 5.32 Å². The van der Waals surface area contributed by atoms with Gasteiger partial charge in [-0.1, -0.05) is 6.07 Å². The van der Waals surface area contributed by atoms with Gasteiger partial charge in [0.25, 0.3) is 0 Å². The van der Waals surface area contributed by atoms with Gasteiger partial charge < -0.3 is 20.5 Å². The van der Waals surface area contributed by atoms with Crippen molar-refractivity contribution in [3.63, 3.8) is 0 Å². The van der Waals surface area contributed by atoms with Crippen molar-refractivity contribution in [1.29, 1.82) is 0 Å². The minimum absolute atomic E-state index is 0.0702. The van der Waals surface area contributed by atoms with Crippen LogP contribution in [0.15, 0.2) is 18.2 Å². The van der Waals surface area contributed by atoms with Crippen LogP contribution in [0.2, 0.25) is 0 Å². The van der Waals surface area contributed by atoms with Crippen LogP contribution in [0.5, 0.6) is 5.75 Å². The van der Waals surface area contributed by atoms with E-state index >= 15 is 0 Å². The molecule has 1 atom stereocenters. The summed E-state index contributed by atoms with van der Waals surface area (Å²) in [7, 11) is 1.78. The zero-order chi connectivity index (χ0) is 13.2. The van der Waals surface area contributed by atoms with Crippen molar-refractivity contribution >= 4 is 11.6 Å². The molecule has 0 fully saturated rings. The number of nitrogens with one attached hydrogen (secondary N) is 2. The molecule has 0 bridgehead atoms. The van der Waals surface area contributed by atoms with Gasteiger partial charge in [0.1, 0.15) is 5.75 Å². The van der Waals surface area contributed by atoms with Gasteiger partial charge in [0.15, 0.2) is 0 Å². The second-order valence-corrected chi connectivity index (χ2v) is 4.66. The van der Waals surface area contributed by atoms with E-state index in [-0.39, 0.29) is 5.91 Å². The Morgan fingerprint density at radius 2 is 2.33 bits per heavy atom. The average molecular weight is 250 g/mol. The zero-order valence-electron chi connectivity index (χ0n) is 10.6. The van der Waals surface area contributed by atoms with E-state index in [9.17, 15) is 9.90 Å². The Balaban J connectivity index is 2.33. The molecular formula is C13H18N2O3. The highest BCUT2D eigenvalue weighted by molar-refractivity contribution is 5.93. The molecule has 18 heavy (non-hydrogen) atoms. The summed E-state index contributed by atoms with van der Waals surface area (Å²) in [6.45, 7) is 2.54. The number of likely N-dealkylation sites (N-methyl/N-ethyl adjacent to an activating group) is 1. The maximum Gasteiger partial charge on any atom is 0.227 e. The van der Waals surface area contributed by atoms with Crippen molar-refractivity contribution in [2.45, 2.75) is 18.9 Å². The molecule has 1 amide bonds. The molecule has 0 spiro atoms. The summed E-state index contributed by atoms with van der Waals surface area (Å²) in [5.41, 5.74) is 0.369. The van der Waals surface area contributed by atoms with Crippen LogP contribution in [0.3, 0.4) is 0 Å². The van der Waals surface area contributed by atoms with Crippen LogP contribution in [0, 0.1) is 0 Å². The van der Waals surface area contributed by atoms with E-state index in [1.54, 1.807) is 26.1 Å². The molecule has 5 nitrogen and oxygen atoms in total. The first-order valence-corrected chi connectivity index (χ1v) is 5.97. The van der Waals surface area contributed by atoms with E-state index in [2.05, 4.69) is 10.6 Å². The molecule has 0 saturated carbocycles. The number of amides is 1. The summed E-state index contributed by atoms with van der Waals surface area (Å²) >= 11 is 0. The molecule has 0 saturated heterocycles. The topological polar surface area (TPSA) is 70.6 Å². The van der Waals surface area contributed by atoms with Crippen molar-refractivity contribution in [2.75, 3.05) is 25.5 Å². The van der Waals surface area contributed by atoms with Crippen LogP contribution in [0.25, 0.3) is 0 Å². The van der Waals surface area contributed by atoms with Crippen LogP contribution in [0.1, 0.15) is 18.9 Å². The smallest absolute Gasteiger partial charge is 0.227 e. The Labute approximate surface area is 106 Å². The molecule has 1 aliphatic heterocycles. The standard InChI is InChI=1S/C13H18N2O3/c1-13(17,8-14-2)9-3-4-11-10(7-9)15-12(16)5-6-18-11/h3-4,7,14,17H,5-6,8H2,1-2H3,(H,15,16). The fourth-order valence-electron chi connectivity index (χ4n) is 2.00. The molecule has 0 aromatic heterocycles. The minimum atomic E-state index is -0.985. The van der Waals surface area contributed by atoms with Crippen LogP contribution in [0.4, 0.5) is 5.69 Å². The van der Waals surface area contributed by atoms with Gasteiger partial charge in [0.2, 0.25) is 5.91 Å². The molecule has 98 valence electrons. The van der Waals surface area contributed by atoms with E-state index in [0.29, 0.717) is 31.0 Å². The normalized spacial score (nSPS) is 18.1. The van der Waals surface area contributed by atoms with Gasteiger partial charge in [-0.2, -0.15) is 0 Å². The number of ether oxygens (including phenoxy) is 1. The summed E-state index contributed by atoms with van der Waals surface area (Å²) in [6.07, 6.45) is 0.344. The zero-order valence-corrected chi connectivity index (χ0v) is 10.6. The van der Waals surface area contributed by atoms with Gasteiger partial charge in [0.05, 0.1) is 24.3 Å². The number of benzene rings is 1. The molecule has 1 heterocycles. The second-order valence-electron chi connectivity index (χ2n) is 4.66. The lowest BCUT2D eigenvalue weighted by atomic mass is 9.95. The Kier molecular flexibility index (Phi) is 3.54. The van der Waals surface area contributed by atoms with Gasteiger partial charge in [-0.3, -0.25) is 4.79 Å². The quantitative estimate of drug-likeness (QED) is 0.743. The molecule has 1 aromatic carbocycles. The van der Waals surface area contributed by atoms with Crippen molar-refractivity contribution < 1.29 is 14.6 Å². The Morgan fingerprint density at radius 3 is 3.06 bits per heavy atom. The first-order valence-electron chi connectivity index (χ1n) is 5.97. The fourth-order valence-corrected chi connectivity index (χ4v) is 2.00. The lowest BCUT2D eigenvalue weighted by Crippen LogP contribution is -2.33. The van der Waals surface area contributed by atoms with E-state index < -0.39 is 5.60 Å². The number of rotatable bonds is 3. The number of carbonyl (C=O) groups excluding carboxylic acids is 1. The number of aliphatic hydroxyl groups is 1. The Morgan fingerprint density at radius 1 is 1.56 bits per heavy atom. The number of hydrogen-bond donors (Lipinski definition) is 3. The van der Waals surface area contributed by atoms with E-state index in [0.717, 1.165) is 5.56 Å². The van der Waals surface area contributed by atoms with E-state index in [1.807, 2.05) is 6.07 Å². The lowest BCUT2D eigenvalue weighted by molar-refractivity contribution is -0.116. The molecule has 3 N–H and O–H groups in total. The van der Waals surface area contributed by atoms with Gasteiger partial charge in [-0.25, -0.2) is 0 Å². The Hall–Kier alpha value is -1.59. The predicted molar refractivity (Wildman–Crippen MR) is 68.7 cm³/mol. The third-order valence-electron chi connectivity index (χ3n) is 2.98. The summed E-state index contributed by atoms with van der Waals surface area (Å²) in [5.74, 6) is 0.573. The number of fused-ring (bicyclic) bond motifs is 1. The third kappa shape index (κ3) is 2.63. The van der Waals surface area contributed by atoms with Gasteiger partial charge in [-0.05, 0) is 31.7 Å². The molecule has 1 aliphatic rings. The first kappa shape index (κ1) is 12.9. The largest absolute Gasteiger partial charge is 0.491 e. The number of carbonyl (C=O) groups is 1. The predicted octanol–water partition coefficient (Wildman–Crippen LogP) is 0.835. The van der Waals surface area contributed by atoms with Gasteiger partial charge in [-0.15, -0.1) is 0 Å². The monoisotopic (exact) mass is 250 g/mol. The van der Waals surface area contributed by atoms with Crippen LogP contribution in [-0.2, 0) is 10.4 Å². The molecule has 0 radical (unpaired) electrons. The fraction of sp³-hybridized carbons (Fsp3) is 0.462. The van der Waals surface area contributed by atoms with Gasteiger partial charge in [0, 0.05) is 6.54 Å². The summed E-state index contributed by atoms with van der Waals surface area (Å²) < 4.78 is 5.47. The van der Waals surface area contributed by atoms with Crippen LogP contribution < -0.4 is 15.4 Å². The number of hydrogen-bond acceptors (Lipinski definition) is 4. The highest BCUT2D eigenvalue weighted by Gasteiger charge is 2.24. The summed E-state index contributed by atoms with van der Waals surface area (Å²) in [5, 5.41) is 16.0. The van der Waals surface area contributed by atoms with Gasteiger partial charge >= 0.3 is 0 Å². The molecule has 1 unspecified atom stereocenters. The van der Waals surface area contributed by atoms with Crippen LogP contribution >= 0.6 is 0 Å². The molecule has 2 rings (SSSR count). The summed E-state index contributed by atoms with van der Waals surface area (Å²) in [6, 6.07) is 5.35. The molecule has 5 heteroatoms. The van der Waals surface area contributed by atoms with E-state index in [1.165, 1.54) is 0 Å². The SMILES string of the molecule is CNCC(C)(O)c1ccc2c(c1)NC(=O)CCO2. The Bertz CT molecular complexity index is 458. The third-order valence-corrected chi connectivity index (χ3v) is 2.98. The van der Waals surface area contributed by atoms with Crippen molar-refractivity contribution in [3.05, 3.63) is 23.8 Å². The minimum Gasteiger partial charge on any atom is -0.491 e. The lowest BCUT2D eigenvalue weighted by Gasteiger charge is -2.24. The van der Waals surface area contributed by atoms with Crippen molar-refractivity contribution in [2.24, 2.45) is 0 Å². The van der Waals surface area contributed by atoms with Crippen molar-refractivity contribution in [3.8, 4) is 5.75 Å².